The van der Waals surface area contributed by atoms with Crippen LogP contribution in [0.15, 0.2) is 42.5 Å². The van der Waals surface area contributed by atoms with Gasteiger partial charge in [-0.3, -0.25) is 0 Å². The third-order valence-electron chi connectivity index (χ3n) is 3.11. The fourth-order valence-electron chi connectivity index (χ4n) is 1.87. The molecule has 0 bridgehead atoms. The van der Waals surface area contributed by atoms with Crippen molar-refractivity contribution in [2.45, 2.75) is 25.8 Å². The Bertz CT molecular complexity index is 569. The van der Waals surface area contributed by atoms with Crippen LogP contribution in [0.3, 0.4) is 0 Å². The second-order valence-corrected chi connectivity index (χ2v) is 4.64. The Morgan fingerprint density at radius 2 is 1.80 bits per heavy atom. The van der Waals surface area contributed by atoms with Crippen molar-refractivity contribution >= 4 is 0 Å². The molecule has 0 radical (unpaired) electrons. The molecule has 20 heavy (non-hydrogen) atoms. The van der Waals surface area contributed by atoms with Crippen LogP contribution < -0.4 is 10.5 Å². The normalized spacial score (nSPS) is 12.2. The second-order valence-electron chi connectivity index (χ2n) is 4.64. The van der Waals surface area contributed by atoms with Gasteiger partial charge in [0, 0.05) is 11.6 Å². The molecule has 106 valence electrons. The molecule has 0 saturated carbocycles. The highest BCUT2D eigenvalue weighted by Crippen LogP contribution is 2.28. The van der Waals surface area contributed by atoms with Gasteiger partial charge in [0.25, 0.3) is 0 Å². The molecule has 0 heterocycles. The molecule has 4 heteroatoms. The lowest BCUT2D eigenvalue weighted by molar-refractivity contribution is 0.459. The van der Waals surface area contributed by atoms with Crippen molar-refractivity contribution in [3.63, 3.8) is 0 Å². The Kier molecular flexibility index (Phi) is 4.69. The minimum absolute atomic E-state index is 0.123. The zero-order chi connectivity index (χ0) is 14.5. The quantitative estimate of drug-likeness (QED) is 0.895. The van der Waals surface area contributed by atoms with E-state index in [0.29, 0.717) is 23.5 Å². The minimum atomic E-state index is -0.343. The van der Waals surface area contributed by atoms with E-state index < -0.39 is 0 Å². The van der Waals surface area contributed by atoms with E-state index in [1.54, 1.807) is 12.1 Å². The van der Waals surface area contributed by atoms with E-state index in [1.807, 2.05) is 6.92 Å². The van der Waals surface area contributed by atoms with E-state index in [0.717, 1.165) is 6.42 Å². The van der Waals surface area contributed by atoms with Crippen LogP contribution in [0.1, 0.15) is 18.9 Å². The van der Waals surface area contributed by atoms with Crippen molar-refractivity contribution in [3.05, 3.63) is 59.7 Å². The van der Waals surface area contributed by atoms with E-state index in [9.17, 15) is 8.78 Å². The number of halogens is 2. The maximum Gasteiger partial charge on any atom is 0.133 e. The third-order valence-corrected chi connectivity index (χ3v) is 3.11. The van der Waals surface area contributed by atoms with Crippen molar-refractivity contribution in [3.8, 4) is 11.5 Å². The monoisotopic (exact) mass is 277 g/mol. The van der Waals surface area contributed by atoms with E-state index in [4.69, 9.17) is 10.5 Å². The summed E-state index contributed by atoms with van der Waals surface area (Å²) in [5, 5.41) is 0. The van der Waals surface area contributed by atoms with Crippen molar-refractivity contribution in [1.29, 1.82) is 0 Å². The van der Waals surface area contributed by atoms with Crippen LogP contribution >= 0.6 is 0 Å². The molecule has 0 aliphatic heterocycles. The summed E-state index contributed by atoms with van der Waals surface area (Å²) in [5.74, 6) is 0.196. The first kappa shape index (κ1) is 14.5. The molecular formula is C16H17F2NO. The van der Waals surface area contributed by atoms with E-state index >= 15 is 0 Å². The van der Waals surface area contributed by atoms with Gasteiger partial charge < -0.3 is 10.5 Å². The van der Waals surface area contributed by atoms with Crippen LogP contribution in [0.5, 0.6) is 11.5 Å². The lowest BCUT2D eigenvalue weighted by Crippen LogP contribution is -2.22. The largest absolute Gasteiger partial charge is 0.457 e. The van der Waals surface area contributed by atoms with Gasteiger partial charge in [0.05, 0.1) is 0 Å². The van der Waals surface area contributed by atoms with Crippen molar-refractivity contribution < 1.29 is 13.5 Å². The van der Waals surface area contributed by atoms with Crippen LogP contribution in [-0.4, -0.2) is 6.04 Å². The summed E-state index contributed by atoms with van der Waals surface area (Å²) >= 11 is 0. The van der Waals surface area contributed by atoms with Crippen LogP contribution in [0.4, 0.5) is 8.78 Å². The molecule has 1 unspecified atom stereocenters. The summed E-state index contributed by atoms with van der Waals surface area (Å²) < 4.78 is 32.4. The fourth-order valence-corrected chi connectivity index (χ4v) is 1.87. The molecule has 0 aliphatic rings. The van der Waals surface area contributed by atoms with Gasteiger partial charge in [-0.15, -0.1) is 0 Å². The number of benzene rings is 2. The molecule has 2 nitrogen and oxygen atoms in total. The maximum absolute atomic E-state index is 13.9. The standard InChI is InChI=1S/C16H17F2NO/c1-2-12(19)10-14-15(18)4-3-5-16(14)20-13-8-6-11(17)7-9-13/h3-9,12H,2,10,19H2,1H3. The SMILES string of the molecule is CCC(N)Cc1c(F)cccc1Oc1ccc(F)cc1. The summed E-state index contributed by atoms with van der Waals surface area (Å²) in [6.07, 6.45) is 1.16. The fraction of sp³-hybridized carbons (Fsp3) is 0.250. The average Bonchev–Trinajstić information content (AvgIpc) is 2.45. The van der Waals surface area contributed by atoms with Gasteiger partial charge in [-0.25, -0.2) is 8.78 Å². The van der Waals surface area contributed by atoms with Crippen LogP contribution in [0.25, 0.3) is 0 Å². The summed E-state index contributed by atoms with van der Waals surface area (Å²) in [7, 11) is 0. The highest BCUT2D eigenvalue weighted by molar-refractivity contribution is 5.39. The summed E-state index contributed by atoms with van der Waals surface area (Å²) in [6.45, 7) is 1.95. The summed E-state index contributed by atoms with van der Waals surface area (Å²) in [6, 6.07) is 10.1. The van der Waals surface area contributed by atoms with Gasteiger partial charge in [0.15, 0.2) is 0 Å². The first-order valence-corrected chi connectivity index (χ1v) is 6.56. The first-order chi connectivity index (χ1) is 9.60. The molecule has 0 amide bonds. The predicted octanol–water partition coefficient (Wildman–Crippen LogP) is 4.04. The van der Waals surface area contributed by atoms with Crippen LogP contribution in [0, 0.1) is 11.6 Å². The predicted molar refractivity (Wildman–Crippen MR) is 74.8 cm³/mol. The van der Waals surface area contributed by atoms with Crippen LogP contribution in [-0.2, 0) is 6.42 Å². The van der Waals surface area contributed by atoms with Gasteiger partial charge in [-0.1, -0.05) is 13.0 Å². The highest BCUT2D eigenvalue weighted by Gasteiger charge is 2.13. The summed E-state index contributed by atoms with van der Waals surface area (Å²) in [4.78, 5) is 0. The van der Waals surface area contributed by atoms with Gasteiger partial charge in [-0.05, 0) is 49.2 Å². The molecule has 0 aliphatic carbocycles. The summed E-state index contributed by atoms with van der Waals surface area (Å²) in [5.41, 5.74) is 6.33. The highest BCUT2D eigenvalue weighted by atomic mass is 19.1. The first-order valence-electron chi connectivity index (χ1n) is 6.56. The van der Waals surface area contributed by atoms with E-state index in [-0.39, 0.29) is 17.7 Å². The minimum Gasteiger partial charge on any atom is -0.457 e. The topological polar surface area (TPSA) is 35.2 Å². The smallest absolute Gasteiger partial charge is 0.133 e. The van der Waals surface area contributed by atoms with Crippen molar-refractivity contribution in [2.75, 3.05) is 0 Å². The third kappa shape index (κ3) is 3.54. The number of rotatable bonds is 5. The Morgan fingerprint density at radius 1 is 1.10 bits per heavy atom. The van der Waals surface area contributed by atoms with E-state index in [1.165, 1.54) is 30.3 Å². The Morgan fingerprint density at radius 3 is 2.45 bits per heavy atom. The number of ether oxygens (including phenoxy) is 1. The van der Waals surface area contributed by atoms with Gasteiger partial charge in [0.2, 0.25) is 0 Å². The molecule has 0 spiro atoms. The average molecular weight is 277 g/mol. The molecule has 0 fully saturated rings. The molecule has 0 aromatic heterocycles. The van der Waals surface area contributed by atoms with Gasteiger partial charge in [-0.2, -0.15) is 0 Å². The zero-order valence-corrected chi connectivity index (χ0v) is 11.3. The zero-order valence-electron chi connectivity index (χ0n) is 11.3. The van der Waals surface area contributed by atoms with Gasteiger partial charge >= 0.3 is 0 Å². The van der Waals surface area contributed by atoms with Gasteiger partial charge in [0.1, 0.15) is 23.1 Å². The Balaban J connectivity index is 2.26. The lowest BCUT2D eigenvalue weighted by atomic mass is 10.0. The van der Waals surface area contributed by atoms with Crippen molar-refractivity contribution in [1.82, 2.24) is 0 Å². The Labute approximate surface area is 117 Å². The molecule has 1 atom stereocenters. The van der Waals surface area contributed by atoms with E-state index in [2.05, 4.69) is 0 Å². The molecule has 2 N–H and O–H groups in total. The number of hydrogen-bond donors (Lipinski definition) is 1. The lowest BCUT2D eigenvalue weighted by Gasteiger charge is -2.15. The number of nitrogens with two attached hydrogens (primary N) is 1. The van der Waals surface area contributed by atoms with Crippen LogP contribution in [0.2, 0.25) is 0 Å². The molecule has 2 aromatic rings. The molecular weight excluding hydrogens is 260 g/mol. The maximum atomic E-state index is 13.9. The second kappa shape index (κ2) is 6.48. The molecule has 2 aromatic carbocycles. The van der Waals surface area contributed by atoms with Crippen molar-refractivity contribution in [2.24, 2.45) is 5.73 Å². The Hall–Kier alpha value is -1.94. The molecule has 2 rings (SSSR count). The number of hydrogen-bond acceptors (Lipinski definition) is 2. The molecule has 0 saturated heterocycles.